The zero-order valence-electron chi connectivity index (χ0n) is 11.4. The number of carbonyl (C=O) groups is 2. The number of rotatable bonds is 7. The van der Waals surface area contributed by atoms with Crippen LogP contribution in [0.15, 0.2) is 0 Å². The Labute approximate surface area is 113 Å². The van der Waals surface area contributed by atoms with Gasteiger partial charge < -0.3 is 19.9 Å². The molecule has 19 heavy (non-hydrogen) atoms. The Hall–Kier alpha value is -1.30. The minimum absolute atomic E-state index is 0.0758. The molecule has 1 aliphatic rings. The van der Waals surface area contributed by atoms with E-state index >= 15 is 0 Å². The molecule has 1 saturated heterocycles. The number of aliphatic carboxylic acids is 1. The van der Waals surface area contributed by atoms with Gasteiger partial charge in [-0.15, -0.1) is 0 Å². The normalized spacial score (nSPS) is 17.7. The first-order valence-corrected chi connectivity index (χ1v) is 6.86. The molecule has 0 bridgehead atoms. The van der Waals surface area contributed by atoms with Crippen LogP contribution in [-0.2, 0) is 14.3 Å². The Morgan fingerprint density at radius 3 is 2.68 bits per heavy atom. The molecule has 1 amide bonds. The molecule has 110 valence electrons. The van der Waals surface area contributed by atoms with E-state index in [0.717, 1.165) is 25.7 Å². The molecule has 1 fully saturated rings. The molecule has 0 saturated carbocycles. The molecule has 6 heteroatoms. The van der Waals surface area contributed by atoms with Crippen LogP contribution in [0.1, 0.15) is 39.0 Å². The van der Waals surface area contributed by atoms with Crippen LogP contribution >= 0.6 is 0 Å². The molecular weight excluding hydrogens is 250 g/mol. The smallest absolute Gasteiger partial charge is 0.407 e. The van der Waals surface area contributed by atoms with E-state index in [1.165, 1.54) is 0 Å². The van der Waals surface area contributed by atoms with Crippen LogP contribution in [0.4, 0.5) is 4.79 Å². The van der Waals surface area contributed by atoms with Gasteiger partial charge in [-0.3, -0.25) is 4.79 Å². The predicted octanol–water partition coefficient (Wildman–Crippen LogP) is 1.78. The Morgan fingerprint density at radius 1 is 1.42 bits per heavy atom. The number of ether oxygens (including phenoxy) is 2. The molecule has 1 heterocycles. The maximum atomic E-state index is 11.6. The summed E-state index contributed by atoms with van der Waals surface area (Å²) in [5, 5.41) is 11.6. The topological polar surface area (TPSA) is 84.9 Å². The highest BCUT2D eigenvalue weighted by molar-refractivity contribution is 5.71. The van der Waals surface area contributed by atoms with E-state index in [4.69, 9.17) is 14.6 Å². The van der Waals surface area contributed by atoms with E-state index in [1.807, 2.05) is 6.92 Å². The first-order chi connectivity index (χ1) is 9.13. The van der Waals surface area contributed by atoms with Crippen molar-refractivity contribution >= 4 is 12.1 Å². The second kappa shape index (κ2) is 8.74. The van der Waals surface area contributed by atoms with Gasteiger partial charge in [-0.1, -0.05) is 13.3 Å². The zero-order valence-corrected chi connectivity index (χ0v) is 11.4. The first kappa shape index (κ1) is 15.8. The van der Waals surface area contributed by atoms with Gasteiger partial charge in [-0.25, -0.2) is 4.79 Å². The van der Waals surface area contributed by atoms with E-state index in [-0.39, 0.29) is 18.4 Å². The number of alkyl carbamates (subject to hydrolysis) is 1. The third kappa shape index (κ3) is 6.42. The zero-order chi connectivity index (χ0) is 14.1. The van der Waals surface area contributed by atoms with Crippen molar-refractivity contribution in [1.82, 2.24) is 5.32 Å². The van der Waals surface area contributed by atoms with E-state index in [9.17, 15) is 9.59 Å². The average Bonchev–Trinajstić information content (AvgIpc) is 2.39. The minimum Gasteiger partial charge on any atom is -0.481 e. The molecule has 0 aromatic carbocycles. The van der Waals surface area contributed by atoms with Crippen LogP contribution in [0.2, 0.25) is 0 Å². The second-order valence-electron chi connectivity index (χ2n) is 4.79. The fourth-order valence-corrected chi connectivity index (χ4v) is 2.14. The van der Waals surface area contributed by atoms with Gasteiger partial charge in [0, 0.05) is 19.3 Å². The van der Waals surface area contributed by atoms with E-state index in [0.29, 0.717) is 19.8 Å². The van der Waals surface area contributed by atoms with Crippen LogP contribution in [0.5, 0.6) is 0 Å². The van der Waals surface area contributed by atoms with Crippen molar-refractivity contribution in [3.8, 4) is 0 Å². The van der Waals surface area contributed by atoms with Crippen molar-refractivity contribution < 1.29 is 24.2 Å². The van der Waals surface area contributed by atoms with Crippen LogP contribution in [-0.4, -0.2) is 43.0 Å². The summed E-state index contributed by atoms with van der Waals surface area (Å²) in [6.07, 6.45) is 2.71. The average molecular weight is 273 g/mol. The fraction of sp³-hybridized carbons (Fsp3) is 0.846. The summed E-state index contributed by atoms with van der Waals surface area (Å²) in [5.74, 6) is -0.770. The number of carbonyl (C=O) groups excluding carboxylic acids is 1. The molecule has 1 unspecified atom stereocenters. The van der Waals surface area contributed by atoms with Gasteiger partial charge >= 0.3 is 12.1 Å². The van der Waals surface area contributed by atoms with Crippen LogP contribution in [0, 0.1) is 5.92 Å². The number of carboxylic acids is 1. The third-order valence-corrected chi connectivity index (χ3v) is 3.26. The Balaban J connectivity index is 2.43. The highest BCUT2D eigenvalue weighted by Crippen LogP contribution is 2.21. The quantitative estimate of drug-likeness (QED) is 0.691. The highest BCUT2D eigenvalue weighted by Gasteiger charge is 2.27. The first-order valence-electron chi connectivity index (χ1n) is 6.86. The number of amides is 1. The highest BCUT2D eigenvalue weighted by atomic mass is 16.5. The lowest BCUT2D eigenvalue weighted by Gasteiger charge is -2.29. The van der Waals surface area contributed by atoms with Gasteiger partial charge in [0.15, 0.2) is 0 Å². The van der Waals surface area contributed by atoms with Crippen LogP contribution in [0.3, 0.4) is 0 Å². The molecule has 2 N–H and O–H groups in total. The largest absolute Gasteiger partial charge is 0.481 e. The summed E-state index contributed by atoms with van der Waals surface area (Å²) < 4.78 is 10.3. The van der Waals surface area contributed by atoms with Gasteiger partial charge in [-0.2, -0.15) is 0 Å². The molecule has 0 radical (unpaired) electrons. The monoisotopic (exact) mass is 273 g/mol. The van der Waals surface area contributed by atoms with Crippen molar-refractivity contribution in [3.05, 3.63) is 0 Å². The lowest BCUT2D eigenvalue weighted by Crippen LogP contribution is -2.44. The van der Waals surface area contributed by atoms with Crippen LogP contribution < -0.4 is 5.32 Å². The van der Waals surface area contributed by atoms with Crippen molar-refractivity contribution in [2.24, 2.45) is 5.92 Å². The molecule has 1 aliphatic heterocycles. The van der Waals surface area contributed by atoms with Crippen molar-refractivity contribution in [3.63, 3.8) is 0 Å². The number of carboxylic acid groups (broad SMARTS) is 1. The van der Waals surface area contributed by atoms with Gasteiger partial charge in [0.25, 0.3) is 0 Å². The molecular formula is C13H23NO5. The molecule has 1 atom stereocenters. The van der Waals surface area contributed by atoms with Gasteiger partial charge in [-0.05, 0) is 25.2 Å². The third-order valence-electron chi connectivity index (χ3n) is 3.26. The summed E-state index contributed by atoms with van der Waals surface area (Å²) in [4.78, 5) is 22.5. The van der Waals surface area contributed by atoms with Crippen molar-refractivity contribution in [1.29, 1.82) is 0 Å². The van der Waals surface area contributed by atoms with Crippen LogP contribution in [0.25, 0.3) is 0 Å². The second-order valence-corrected chi connectivity index (χ2v) is 4.79. The van der Waals surface area contributed by atoms with Crippen molar-refractivity contribution in [2.75, 3.05) is 19.8 Å². The van der Waals surface area contributed by atoms with E-state index in [1.54, 1.807) is 0 Å². The Bertz CT molecular complexity index is 289. The number of hydrogen-bond donors (Lipinski definition) is 2. The number of hydrogen-bond acceptors (Lipinski definition) is 4. The molecule has 1 rings (SSSR count). The maximum Gasteiger partial charge on any atom is 0.407 e. The summed E-state index contributed by atoms with van der Waals surface area (Å²) >= 11 is 0. The lowest BCUT2D eigenvalue weighted by molar-refractivity contribution is -0.138. The predicted molar refractivity (Wildman–Crippen MR) is 69.0 cm³/mol. The molecule has 0 aliphatic carbocycles. The summed E-state index contributed by atoms with van der Waals surface area (Å²) in [7, 11) is 0. The molecule has 6 nitrogen and oxygen atoms in total. The Kier molecular flexibility index (Phi) is 7.25. The summed E-state index contributed by atoms with van der Waals surface area (Å²) in [6.45, 7) is 3.62. The standard InChI is InChI=1S/C13H23NO5/c1-2-3-6-19-13(17)14-11(9-12(15)16)10-4-7-18-8-5-10/h10-11H,2-9H2,1H3,(H,14,17)(H,15,16). The van der Waals surface area contributed by atoms with Gasteiger partial charge in [0.05, 0.1) is 13.0 Å². The summed E-state index contributed by atoms with van der Waals surface area (Å²) in [6, 6.07) is -0.379. The Morgan fingerprint density at radius 2 is 2.11 bits per heavy atom. The molecule has 0 spiro atoms. The number of unbranched alkanes of at least 4 members (excludes halogenated alkanes) is 1. The fourth-order valence-electron chi connectivity index (χ4n) is 2.14. The minimum atomic E-state index is -0.912. The molecule has 0 aromatic heterocycles. The maximum absolute atomic E-state index is 11.6. The summed E-state index contributed by atoms with van der Waals surface area (Å²) in [5.41, 5.74) is 0. The SMILES string of the molecule is CCCCOC(=O)NC(CC(=O)O)C1CCOCC1. The number of nitrogens with one attached hydrogen (secondary N) is 1. The van der Waals surface area contributed by atoms with Crippen molar-refractivity contribution in [2.45, 2.75) is 45.1 Å². The van der Waals surface area contributed by atoms with E-state index < -0.39 is 12.1 Å². The lowest BCUT2D eigenvalue weighted by atomic mass is 9.90. The molecule has 0 aromatic rings. The van der Waals surface area contributed by atoms with Gasteiger partial charge in [0.1, 0.15) is 0 Å². The van der Waals surface area contributed by atoms with E-state index in [2.05, 4.69) is 5.32 Å². The van der Waals surface area contributed by atoms with Gasteiger partial charge in [0.2, 0.25) is 0 Å².